The molecule has 1 aromatic carbocycles. The van der Waals surface area contributed by atoms with Crippen LogP contribution in [-0.4, -0.2) is 76.4 Å². The van der Waals surface area contributed by atoms with E-state index < -0.39 is 5.97 Å². The van der Waals surface area contributed by atoms with Gasteiger partial charge in [-0.25, -0.2) is 9.67 Å². The van der Waals surface area contributed by atoms with E-state index in [0.29, 0.717) is 0 Å². The molecule has 1 aromatic heterocycles. The van der Waals surface area contributed by atoms with Gasteiger partial charge in [-0.15, -0.1) is 0 Å². The van der Waals surface area contributed by atoms with Crippen molar-refractivity contribution in [3.05, 3.63) is 41.9 Å². The van der Waals surface area contributed by atoms with Crippen LogP contribution in [0.15, 0.2) is 36.9 Å². The predicted molar refractivity (Wildman–Crippen MR) is 116 cm³/mol. The fourth-order valence-corrected chi connectivity index (χ4v) is 4.53. The van der Waals surface area contributed by atoms with Crippen LogP contribution in [0.25, 0.3) is 0 Å². The lowest BCUT2D eigenvalue weighted by Crippen LogP contribution is -2.53. The van der Waals surface area contributed by atoms with E-state index in [4.69, 9.17) is 16.3 Å². The summed E-state index contributed by atoms with van der Waals surface area (Å²) in [4.78, 5) is 32.7. The Bertz CT molecular complexity index is 885. The first-order chi connectivity index (χ1) is 15.1. The van der Waals surface area contributed by atoms with Crippen LogP contribution in [0.4, 0.5) is 5.69 Å². The molecule has 1 amide bonds. The van der Waals surface area contributed by atoms with Crippen molar-refractivity contribution in [2.75, 3.05) is 37.6 Å². The van der Waals surface area contributed by atoms with Crippen molar-refractivity contribution in [3.8, 4) is 0 Å². The third-order valence-corrected chi connectivity index (χ3v) is 6.09. The Morgan fingerprint density at radius 3 is 2.77 bits per heavy atom. The maximum absolute atomic E-state index is 12.3. The molecule has 9 nitrogen and oxygen atoms in total. The number of piperazine rings is 1. The molecule has 2 atom stereocenters. The molecule has 31 heavy (non-hydrogen) atoms. The smallest absolute Gasteiger partial charge is 0.325 e. The zero-order valence-electron chi connectivity index (χ0n) is 17.3. The predicted octanol–water partition coefficient (Wildman–Crippen LogP) is 1.33. The molecule has 0 bridgehead atoms. The third kappa shape index (κ3) is 5.74. The molecule has 1 aliphatic carbocycles. The Hall–Kier alpha value is -2.65. The lowest BCUT2D eigenvalue weighted by Gasteiger charge is -2.40. The van der Waals surface area contributed by atoms with Crippen LogP contribution < -0.4 is 10.2 Å². The minimum Gasteiger partial charge on any atom is -0.459 e. The first kappa shape index (κ1) is 21.6. The molecule has 2 heterocycles. The van der Waals surface area contributed by atoms with Crippen LogP contribution in [0.2, 0.25) is 5.02 Å². The topological polar surface area (TPSA) is 92.6 Å². The molecule has 0 unspecified atom stereocenters. The number of esters is 1. The SMILES string of the molecule is O=C(Cn1cncn1)NCC(=O)O[C@@H]1CCC[C@H]1N1CCN(c2cccc(Cl)c2)CC1. The van der Waals surface area contributed by atoms with Crippen molar-refractivity contribution in [2.24, 2.45) is 0 Å². The van der Waals surface area contributed by atoms with Gasteiger partial charge >= 0.3 is 5.97 Å². The minimum atomic E-state index is -0.401. The van der Waals surface area contributed by atoms with Crippen molar-refractivity contribution in [2.45, 2.75) is 38.0 Å². The van der Waals surface area contributed by atoms with E-state index in [9.17, 15) is 9.59 Å². The molecule has 0 spiro atoms. The van der Waals surface area contributed by atoms with E-state index in [1.54, 1.807) is 0 Å². The van der Waals surface area contributed by atoms with Crippen molar-refractivity contribution in [3.63, 3.8) is 0 Å². The van der Waals surface area contributed by atoms with Gasteiger partial charge in [0.15, 0.2) is 0 Å². The van der Waals surface area contributed by atoms with Crippen LogP contribution in [-0.2, 0) is 20.9 Å². The Labute approximate surface area is 186 Å². The number of carbonyl (C=O) groups is 2. The van der Waals surface area contributed by atoms with Gasteiger partial charge < -0.3 is 15.0 Å². The highest BCUT2D eigenvalue weighted by atomic mass is 35.5. The largest absolute Gasteiger partial charge is 0.459 e. The van der Waals surface area contributed by atoms with Crippen LogP contribution in [0.5, 0.6) is 0 Å². The molecule has 1 saturated carbocycles. The van der Waals surface area contributed by atoms with E-state index in [1.807, 2.05) is 18.2 Å². The number of nitrogens with one attached hydrogen (secondary N) is 1. The monoisotopic (exact) mass is 446 g/mol. The number of amides is 1. The van der Waals surface area contributed by atoms with Crippen LogP contribution in [0, 0.1) is 0 Å². The zero-order chi connectivity index (χ0) is 21.6. The fourth-order valence-electron chi connectivity index (χ4n) is 4.34. The molecule has 2 aromatic rings. The lowest BCUT2D eigenvalue weighted by atomic mass is 10.1. The number of anilines is 1. The van der Waals surface area contributed by atoms with Crippen molar-refractivity contribution >= 4 is 29.2 Å². The number of aromatic nitrogens is 3. The number of nitrogens with zero attached hydrogens (tertiary/aromatic N) is 5. The third-order valence-electron chi connectivity index (χ3n) is 5.86. The fraction of sp³-hybridized carbons (Fsp3) is 0.524. The molecular weight excluding hydrogens is 420 g/mol. The molecule has 1 saturated heterocycles. The van der Waals surface area contributed by atoms with Gasteiger partial charge in [0.2, 0.25) is 5.91 Å². The van der Waals surface area contributed by atoms with Gasteiger partial charge in [0.1, 0.15) is 31.8 Å². The number of rotatable bonds is 7. The average molecular weight is 447 g/mol. The summed E-state index contributed by atoms with van der Waals surface area (Å²) in [7, 11) is 0. The molecule has 166 valence electrons. The Kier molecular flexibility index (Phi) is 7.03. The van der Waals surface area contributed by atoms with Gasteiger partial charge in [0.25, 0.3) is 0 Å². The lowest BCUT2D eigenvalue weighted by molar-refractivity contribution is -0.151. The number of hydrogen-bond donors (Lipinski definition) is 1. The molecule has 0 radical (unpaired) electrons. The zero-order valence-corrected chi connectivity index (χ0v) is 18.1. The van der Waals surface area contributed by atoms with Gasteiger partial charge in [-0.05, 0) is 37.5 Å². The van der Waals surface area contributed by atoms with Gasteiger partial charge in [-0.1, -0.05) is 17.7 Å². The van der Waals surface area contributed by atoms with Gasteiger partial charge in [-0.2, -0.15) is 5.10 Å². The van der Waals surface area contributed by atoms with E-state index >= 15 is 0 Å². The first-order valence-corrected chi connectivity index (χ1v) is 11.0. The second-order valence-electron chi connectivity index (χ2n) is 7.90. The molecule has 2 fully saturated rings. The molecule has 2 aliphatic rings. The summed E-state index contributed by atoms with van der Waals surface area (Å²) < 4.78 is 7.13. The average Bonchev–Trinajstić information content (AvgIpc) is 3.45. The van der Waals surface area contributed by atoms with Crippen LogP contribution in [0.3, 0.4) is 0 Å². The normalized spacial score (nSPS) is 21.8. The van der Waals surface area contributed by atoms with E-state index in [1.165, 1.54) is 17.3 Å². The van der Waals surface area contributed by atoms with E-state index in [0.717, 1.165) is 56.2 Å². The van der Waals surface area contributed by atoms with Crippen molar-refractivity contribution < 1.29 is 14.3 Å². The first-order valence-electron chi connectivity index (χ1n) is 10.6. The summed E-state index contributed by atoms with van der Waals surface area (Å²) in [6.07, 6.45) is 5.60. The second kappa shape index (κ2) is 10.1. The number of ether oxygens (including phenoxy) is 1. The van der Waals surface area contributed by atoms with E-state index in [2.05, 4.69) is 31.3 Å². The van der Waals surface area contributed by atoms with E-state index in [-0.39, 0.29) is 31.1 Å². The number of hydrogen-bond acceptors (Lipinski definition) is 7. The molecule has 1 aliphatic heterocycles. The van der Waals surface area contributed by atoms with Gasteiger partial charge in [-0.3, -0.25) is 14.5 Å². The number of carbonyl (C=O) groups excluding carboxylic acids is 2. The standard InChI is InChI=1S/C21H27ClN6O3/c22-16-3-1-4-17(11-16)26-7-9-27(10-8-26)18-5-2-6-19(18)31-21(30)12-24-20(29)13-28-15-23-14-25-28/h1,3-4,11,14-15,18-19H,2,5-10,12-13H2,(H,24,29)/t18-,19-/m1/s1. The Balaban J connectivity index is 1.22. The molecular formula is C21H27ClN6O3. The van der Waals surface area contributed by atoms with Gasteiger partial charge in [0, 0.05) is 42.9 Å². The summed E-state index contributed by atoms with van der Waals surface area (Å²) in [5.41, 5.74) is 1.14. The number of halogens is 1. The Morgan fingerprint density at radius 1 is 1.19 bits per heavy atom. The molecule has 10 heteroatoms. The summed E-state index contributed by atoms with van der Waals surface area (Å²) in [5, 5.41) is 7.20. The highest BCUT2D eigenvalue weighted by Gasteiger charge is 2.36. The van der Waals surface area contributed by atoms with Gasteiger partial charge in [0.05, 0.1) is 0 Å². The van der Waals surface area contributed by atoms with Crippen LogP contribution in [0.1, 0.15) is 19.3 Å². The maximum Gasteiger partial charge on any atom is 0.325 e. The summed E-state index contributed by atoms with van der Waals surface area (Å²) in [6, 6.07) is 8.17. The minimum absolute atomic E-state index is 0.0240. The summed E-state index contributed by atoms with van der Waals surface area (Å²) in [5.74, 6) is -0.705. The summed E-state index contributed by atoms with van der Waals surface area (Å²) >= 11 is 6.13. The Morgan fingerprint density at radius 2 is 2.03 bits per heavy atom. The molecule has 4 rings (SSSR count). The summed E-state index contributed by atoms with van der Waals surface area (Å²) in [6.45, 7) is 3.54. The second-order valence-corrected chi connectivity index (χ2v) is 8.34. The maximum atomic E-state index is 12.3. The van der Waals surface area contributed by atoms with Crippen LogP contribution >= 0.6 is 11.6 Å². The van der Waals surface area contributed by atoms with Crippen molar-refractivity contribution in [1.29, 1.82) is 0 Å². The van der Waals surface area contributed by atoms with Crippen molar-refractivity contribution in [1.82, 2.24) is 25.0 Å². The highest BCUT2D eigenvalue weighted by molar-refractivity contribution is 6.30. The highest BCUT2D eigenvalue weighted by Crippen LogP contribution is 2.29. The molecule has 1 N–H and O–H groups in total. The quantitative estimate of drug-likeness (QED) is 0.641. The number of benzene rings is 1.